The summed E-state index contributed by atoms with van der Waals surface area (Å²) in [4.78, 5) is 2.39. The quantitative estimate of drug-likeness (QED) is 0.806. The molecule has 5 heteroatoms. The van der Waals surface area contributed by atoms with Crippen LogP contribution in [0.15, 0.2) is 30.3 Å². The number of benzene rings is 1. The molecule has 4 nitrogen and oxygen atoms in total. The molecule has 1 atom stereocenters. The van der Waals surface area contributed by atoms with Crippen molar-refractivity contribution < 1.29 is 8.42 Å². The fourth-order valence-corrected chi connectivity index (χ4v) is 4.43. The van der Waals surface area contributed by atoms with Crippen molar-refractivity contribution in [3.8, 4) is 0 Å². The summed E-state index contributed by atoms with van der Waals surface area (Å²) in [5, 5.41) is 0. The molecule has 0 N–H and O–H groups in total. The number of sulfonamides is 1. The molecule has 1 heterocycles. The van der Waals surface area contributed by atoms with Crippen LogP contribution in [0.3, 0.4) is 0 Å². The number of hydrogen-bond acceptors (Lipinski definition) is 3. The van der Waals surface area contributed by atoms with E-state index in [9.17, 15) is 8.42 Å². The van der Waals surface area contributed by atoms with E-state index >= 15 is 0 Å². The lowest BCUT2D eigenvalue weighted by atomic mass is 10.1. The molecule has 1 aliphatic heterocycles. The largest absolute Gasteiger partial charge is 0.298 e. The van der Waals surface area contributed by atoms with Crippen molar-refractivity contribution in [3.05, 3.63) is 35.9 Å². The first-order valence-electron chi connectivity index (χ1n) is 7.78. The van der Waals surface area contributed by atoms with Crippen molar-refractivity contribution in [2.45, 2.75) is 32.7 Å². The minimum atomic E-state index is -3.05. The molecule has 1 aromatic carbocycles. The van der Waals surface area contributed by atoms with E-state index in [0.29, 0.717) is 19.5 Å². The number of nitrogens with zero attached hydrogens (tertiary/aromatic N) is 2. The Kier molecular flexibility index (Phi) is 5.79. The molecule has 2 rings (SSSR count). The molecule has 21 heavy (non-hydrogen) atoms. The molecular weight excluding hydrogens is 284 g/mol. The maximum Gasteiger partial charge on any atom is 0.214 e. The lowest BCUT2D eigenvalue weighted by Gasteiger charge is -2.39. The standard InChI is InChI=1S/C16H26N2O2S/c1-3-13-21(19,20)18-12-11-17(15(2)14-18)10-9-16-7-5-4-6-8-16/h4-8,15H,3,9-14H2,1-2H3. The van der Waals surface area contributed by atoms with Crippen molar-refractivity contribution in [3.63, 3.8) is 0 Å². The molecule has 0 aromatic heterocycles. The maximum absolute atomic E-state index is 12.1. The first kappa shape index (κ1) is 16.5. The summed E-state index contributed by atoms with van der Waals surface area (Å²) in [6.07, 6.45) is 1.71. The molecule has 0 amide bonds. The monoisotopic (exact) mass is 310 g/mol. The van der Waals surface area contributed by atoms with Gasteiger partial charge in [0.05, 0.1) is 5.75 Å². The molecule has 0 spiro atoms. The van der Waals surface area contributed by atoms with E-state index in [1.54, 1.807) is 4.31 Å². The average molecular weight is 310 g/mol. The third kappa shape index (κ3) is 4.53. The zero-order valence-electron chi connectivity index (χ0n) is 13.0. The van der Waals surface area contributed by atoms with E-state index in [-0.39, 0.29) is 11.8 Å². The first-order valence-corrected chi connectivity index (χ1v) is 9.39. The molecule has 0 saturated carbocycles. The van der Waals surface area contributed by atoms with Crippen molar-refractivity contribution in [1.29, 1.82) is 0 Å². The van der Waals surface area contributed by atoms with Gasteiger partial charge in [-0.2, -0.15) is 4.31 Å². The normalized spacial score (nSPS) is 21.5. The van der Waals surface area contributed by atoms with E-state index in [1.165, 1.54) is 5.56 Å². The summed E-state index contributed by atoms with van der Waals surface area (Å²) in [7, 11) is -3.05. The summed E-state index contributed by atoms with van der Waals surface area (Å²) >= 11 is 0. The Morgan fingerprint density at radius 1 is 1.19 bits per heavy atom. The third-order valence-corrected chi connectivity index (χ3v) is 6.16. The smallest absolute Gasteiger partial charge is 0.214 e. The van der Waals surface area contributed by atoms with Gasteiger partial charge in [-0.05, 0) is 25.3 Å². The number of rotatable bonds is 6. The van der Waals surface area contributed by atoms with Gasteiger partial charge in [0, 0.05) is 32.2 Å². The van der Waals surface area contributed by atoms with E-state index in [1.807, 2.05) is 13.0 Å². The van der Waals surface area contributed by atoms with Crippen molar-refractivity contribution in [2.24, 2.45) is 0 Å². The Bertz CT molecular complexity index is 530. The highest BCUT2D eigenvalue weighted by molar-refractivity contribution is 7.89. The zero-order chi connectivity index (χ0) is 15.3. The molecule has 1 unspecified atom stereocenters. The van der Waals surface area contributed by atoms with Crippen LogP contribution in [0.25, 0.3) is 0 Å². The summed E-state index contributed by atoms with van der Waals surface area (Å²) < 4.78 is 25.9. The fraction of sp³-hybridized carbons (Fsp3) is 0.625. The molecular formula is C16H26N2O2S. The van der Waals surface area contributed by atoms with Crippen molar-refractivity contribution in [1.82, 2.24) is 9.21 Å². The van der Waals surface area contributed by atoms with E-state index in [0.717, 1.165) is 19.5 Å². The Labute approximate surface area is 128 Å². The second-order valence-electron chi connectivity index (χ2n) is 5.79. The minimum Gasteiger partial charge on any atom is -0.298 e. The molecule has 118 valence electrons. The van der Waals surface area contributed by atoms with Gasteiger partial charge in [-0.25, -0.2) is 8.42 Å². The van der Waals surface area contributed by atoms with E-state index in [4.69, 9.17) is 0 Å². The van der Waals surface area contributed by atoms with E-state index < -0.39 is 10.0 Å². The first-order chi connectivity index (χ1) is 10.0. The average Bonchev–Trinajstić information content (AvgIpc) is 2.47. The van der Waals surface area contributed by atoms with Crippen LogP contribution in [0.4, 0.5) is 0 Å². The highest BCUT2D eigenvalue weighted by atomic mass is 32.2. The SMILES string of the molecule is CCCS(=O)(=O)N1CCN(CCc2ccccc2)C(C)C1. The van der Waals surface area contributed by atoms with Gasteiger partial charge in [-0.15, -0.1) is 0 Å². The van der Waals surface area contributed by atoms with Crippen LogP contribution in [-0.4, -0.2) is 55.6 Å². The summed E-state index contributed by atoms with van der Waals surface area (Å²) in [6, 6.07) is 10.7. The zero-order valence-corrected chi connectivity index (χ0v) is 13.8. The highest BCUT2D eigenvalue weighted by Crippen LogP contribution is 2.15. The van der Waals surface area contributed by atoms with Crippen LogP contribution < -0.4 is 0 Å². The molecule has 0 aliphatic carbocycles. The summed E-state index contributed by atoms with van der Waals surface area (Å²) in [5.41, 5.74) is 1.34. The van der Waals surface area contributed by atoms with Gasteiger partial charge in [0.25, 0.3) is 0 Å². The summed E-state index contributed by atoms with van der Waals surface area (Å²) in [6.45, 7) is 7.11. The molecule has 1 aromatic rings. The molecule has 1 fully saturated rings. The maximum atomic E-state index is 12.1. The van der Waals surface area contributed by atoms with Crippen LogP contribution in [0.2, 0.25) is 0 Å². The van der Waals surface area contributed by atoms with E-state index in [2.05, 4.69) is 36.1 Å². The van der Waals surface area contributed by atoms with Gasteiger partial charge in [0.2, 0.25) is 10.0 Å². The van der Waals surface area contributed by atoms with Crippen molar-refractivity contribution in [2.75, 3.05) is 31.9 Å². The van der Waals surface area contributed by atoms with Crippen LogP contribution >= 0.6 is 0 Å². The third-order valence-electron chi connectivity index (χ3n) is 4.11. The van der Waals surface area contributed by atoms with Gasteiger partial charge in [0.1, 0.15) is 0 Å². The topological polar surface area (TPSA) is 40.6 Å². The Balaban J connectivity index is 1.87. The summed E-state index contributed by atoms with van der Waals surface area (Å²) in [5.74, 6) is 0.268. The molecule has 0 radical (unpaired) electrons. The van der Waals surface area contributed by atoms with Gasteiger partial charge >= 0.3 is 0 Å². The second kappa shape index (κ2) is 7.38. The van der Waals surface area contributed by atoms with Crippen LogP contribution in [0, 0.1) is 0 Å². The van der Waals surface area contributed by atoms with Gasteiger partial charge in [0.15, 0.2) is 0 Å². The van der Waals surface area contributed by atoms with Gasteiger partial charge in [-0.3, -0.25) is 4.90 Å². The van der Waals surface area contributed by atoms with Crippen LogP contribution in [0.5, 0.6) is 0 Å². The van der Waals surface area contributed by atoms with Gasteiger partial charge < -0.3 is 0 Å². The molecule has 0 bridgehead atoms. The van der Waals surface area contributed by atoms with Crippen LogP contribution in [-0.2, 0) is 16.4 Å². The van der Waals surface area contributed by atoms with Crippen molar-refractivity contribution >= 4 is 10.0 Å². The number of piperazine rings is 1. The second-order valence-corrected chi connectivity index (χ2v) is 7.88. The van der Waals surface area contributed by atoms with Gasteiger partial charge in [-0.1, -0.05) is 37.3 Å². The molecule has 1 aliphatic rings. The van der Waals surface area contributed by atoms with Crippen LogP contribution in [0.1, 0.15) is 25.8 Å². The fourth-order valence-electron chi connectivity index (χ4n) is 2.85. The highest BCUT2D eigenvalue weighted by Gasteiger charge is 2.30. The lowest BCUT2D eigenvalue weighted by Crippen LogP contribution is -2.54. The predicted molar refractivity (Wildman–Crippen MR) is 86.8 cm³/mol. The Hall–Kier alpha value is -0.910. The Morgan fingerprint density at radius 2 is 1.90 bits per heavy atom. The number of hydrogen-bond donors (Lipinski definition) is 0. The predicted octanol–water partition coefficient (Wildman–Crippen LogP) is 1.97. The minimum absolute atomic E-state index is 0.268. The Morgan fingerprint density at radius 3 is 2.52 bits per heavy atom. The molecule has 1 saturated heterocycles. The lowest BCUT2D eigenvalue weighted by molar-refractivity contribution is 0.130.